The normalized spacial score (nSPS) is 12.4. The van der Waals surface area contributed by atoms with Crippen LogP contribution in [0.5, 0.6) is 0 Å². The van der Waals surface area contributed by atoms with E-state index in [2.05, 4.69) is 17.4 Å². The van der Waals surface area contributed by atoms with Crippen molar-refractivity contribution in [3.63, 3.8) is 0 Å². The SMILES string of the molecule is CNC(c1ccc(CCOC)cc1)c1cccc(F)c1Cl. The van der Waals surface area contributed by atoms with Gasteiger partial charge in [-0.3, -0.25) is 0 Å². The van der Waals surface area contributed by atoms with Crippen LogP contribution in [0.2, 0.25) is 5.02 Å². The van der Waals surface area contributed by atoms with Crippen molar-refractivity contribution in [3.05, 3.63) is 70.0 Å². The van der Waals surface area contributed by atoms with Crippen molar-refractivity contribution in [2.24, 2.45) is 0 Å². The van der Waals surface area contributed by atoms with Gasteiger partial charge in [0, 0.05) is 7.11 Å². The van der Waals surface area contributed by atoms with Crippen LogP contribution in [0.15, 0.2) is 42.5 Å². The highest BCUT2D eigenvalue weighted by Crippen LogP contribution is 2.30. The lowest BCUT2D eigenvalue weighted by molar-refractivity contribution is 0.202. The molecule has 2 rings (SSSR count). The molecule has 0 aliphatic heterocycles. The van der Waals surface area contributed by atoms with Gasteiger partial charge in [-0.2, -0.15) is 0 Å². The second-order valence-corrected chi connectivity index (χ2v) is 5.23. The number of ether oxygens (including phenoxy) is 1. The molecule has 2 aromatic carbocycles. The third kappa shape index (κ3) is 3.82. The minimum atomic E-state index is -0.397. The van der Waals surface area contributed by atoms with Crippen LogP contribution in [0.25, 0.3) is 0 Å². The number of nitrogens with one attached hydrogen (secondary N) is 1. The average molecular weight is 308 g/mol. The molecule has 0 saturated heterocycles. The molecule has 0 amide bonds. The Kier molecular flexibility index (Phi) is 5.74. The van der Waals surface area contributed by atoms with Gasteiger partial charge in [-0.05, 0) is 36.2 Å². The van der Waals surface area contributed by atoms with Crippen LogP contribution < -0.4 is 5.32 Å². The van der Waals surface area contributed by atoms with Gasteiger partial charge >= 0.3 is 0 Å². The van der Waals surface area contributed by atoms with E-state index in [9.17, 15) is 4.39 Å². The van der Waals surface area contributed by atoms with Gasteiger partial charge in [0.2, 0.25) is 0 Å². The molecule has 0 bridgehead atoms. The molecule has 0 aliphatic rings. The van der Waals surface area contributed by atoms with E-state index in [0.29, 0.717) is 6.61 Å². The lowest BCUT2D eigenvalue weighted by atomic mass is 9.97. The van der Waals surface area contributed by atoms with Gasteiger partial charge in [-0.1, -0.05) is 48.0 Å². The maximum absolute atomic E-state index is 13.6. The summed E-state index contributed by atoms with van der Waals surface area (Å²) >= 11 is 6.08. The quantitative estimate of drug-likeness (QED) is 0.871. The zero-order valence-electron chi connectivity index (χ0n) is 12.2. The van der Waals surface area contributed by atoms with Crippen LogP contribution >= 0.6 is 11.6 Å². The molecular formula is C17H19ClFNO. The Morgan fingerprint density at radius 2 is 1.90 bits per heavy atom. The van der Waals surface area contributed by atoms with Crippen molar-refractivity contribution in [2.75, 3.05) is 20.8 Å². The molecule has 1 N–H and O–H groups in total. The fraction of sp³-hybridized carbons (Fsp3) is 0.294. The fourth-order valence-electron chi connectivity index (χ4n) is 2.34. The standard InChI is InChI=1S/C17H19ClFNO/c1-20-17(14-4-3-5-15(19)16(14)18)13-8-6-12(7-9-13)10-11-21-2/h3-9,17,20H,10-11H2,1-2H3. The molecule has 0 aliphatic carbocycles. The molecule has 2 nitrogen and oxygen atoms in total. The van der Waals surface area contributed by atoms with Crippen LogP contribution in [0.4, 0.5) is 4.39 Å². The molecule has 1 unspecified atom stereocenters. The molecule has 0 aromatic heterocycles. The highest BCUT2D eigenvalue weighted by molar-refractivity contribution is 6.31. The van der Waals surface area contributed by atoms with Crippen LogP contribution in [0.3, 0.4) is 0 Å². The number of halogens is 2. The van der Waals surface area contributed by atoms with Crippen molar-refractivity contribution in [1.82, 2.24) is 5.32 Å². The molecule has 0 fully saturated rings. The van der Waals surface area contributed by atoms with E-state index >= 15 is 0 Å². The third-order valence-corrected chi connectivity index (χ3v) is 3.89. The number of benzene rings is 2. The Hall–Kier alpha value is -1.42. The zero-order valence-corrected chi connectivity index (χ0v) is 13.0. The van der Waals surface area contributed by atoms with Crippen LogP contribution in [0, 0.1) is 5.82 Å². The molecular weight excluding hydrogens is 289 g/mol. The zero-order chi connectivity index (χ0) is 15.2. The van der Waals surface area contributed by atoms with E-state index in [4.69, 9.17) is 16.3 Å². The van der Waals surface area contributed by atoms with E-state index in [1.54, 1.807) is 13.2 Å². The molecule has 2 aromatic rings. The van der Waals surface area contributed by atoms with E-state index < -0.39 is 5.82 Å². The van der Waals surface area contributed by atoms with E-state index in [-0.39, 0.29) is 11.1 Å². The first kappa shape index (κ1) is 16.0. The average Bonchev–Trinajstić information content (AvgIpc) is 2.51. The van der Waals surface area contributed by atoms with Gasteiger partial charge in [0.15, 0.2) is 0 Å². The van der Waals surface area contributed by atoms with Gasteiger partial charge in [-0.15, -0.1) is 0 Å². The fourth-order valence-corrected chi connectivity index (χ4v) is 2.58. The van der Waals surface area contributed by atoms with Gasteiger partial charge in [-0.25, -0.2) is 4.39 Å². The second-order valence-electron chi connectivity index (χ2n) is 4.85. The van der Waals surface area contributed by atoms with E-state index in [0.717, 1.165) is 17.5 Å². The first-order valence-electron chi connectivity index (χ1n) is 6.86. The lowest BCUT2D eigenvalue weighted by Gasteiger charge is -2.19. The minimum absolute atomic E-state index is 0.135. The first-order valence-corrected chi connectivity index (χ1v) is 7.24. The van der Waals surface area contributed by atoms with E-state index in [1.807, 2.05) is 25.2 Å². The van der Waals surface area contributed by atoms with Gasteiger partial charge in [0.1, 0.15) is 5.82 Å². The molecule has 112 valence electrons. The monoisotopic (exact) mass is 307 g/mol. The molecule has 0 heterocycles. The first-order chi connectivity index (χ1) is 10.2. The van der Waals surface area contributed by atoms with Crippen LogP contribution in [0.1, 0.15) is 22.7 Å². The summed E-state index contributed by atoms with van der Waals surface area (Å²) in [5, 5.41) is 3.36. The highest BCUT2D eigenvalue weighted by Gasteiger charge is 2.17. The maximum Gasteiger partial charge on any atom is 0.142 e. The maximum atomic E-state index is 13.6. The Labute approximate surface area is 129 Å². The van der Waals surface area contributed by atoms with Crippen LogP contribution in [-0.4, -0.2) is 20.8 Å². The Morgan fingerprint density at radius 1 is 1.19 bits per heavy atom. The molecule has 4 heteroatoms. The van der Waals surface area contributed by atoms with Crippen molar-refractivity contribution in [3.8, 4) is 0 Å². The third-order valence-electron chi connectivity index (χ3n) is 3.49. The molecule has 0 radical (unpaired) electrons. The summed E-state index contributed by atoms with van der Waals surface area (Å²) in [6, 6.07) is 12.9. The lowest BCUT2D eigenvalue weighted by Crippen LogP contribution is -2.18. The van der Waals surface area contributed by atoms with Gasteiger partial charge in [0.05, 0.1) is 17.7 Å². The number of hydrogen-bond donors (Lipinski definition) is 1. The van der Waals surface area contributed by atoms with Crippen molar-refractivity contribution in [1.29, 1.82) is 0 Å². The summed E-state index contributed by atoms with van der Waals surface area (Å²) in [7, 11) is 3.53. The number of rotatable bonds is 6. The molecule has 1 atom stereocenters. The Morgan fingerprint density at radius 3 is 2.52 bits per heavy atom. The summed E-state index contributed by atoms with van der Waals surface area (Å²) in [6.07, 6.45) is 0.877. The Balaban J connectivity index is 2.27. The van der Waals surface area contributed by atoms with Crippen LogP contribution in [-0.2, 0) is 11.2 Å². The Bertz CT molecular complexity index is 586. The predicted molar refractivity (Wildman–Crippen MR) is 84.3 cm³/mol. The van der Waals surface area contributed by atoms with Gasteiger partial charge < -0.3 is 10.1 Å². The highest BCUT2D eigenvalue weighted by atomic mass is 35.5. The van der Waals surface area contributed by atoms with Crippen molar-refractivity contribution in [2.45, 2.75) is 12.5 Å². The van der Waals surface area contributed by atoms with E-state index in [1.165, 1.54) is 11.6 Å². The molecule has 21 heavy (non-hydrogen) atoms. The second kappa shape index (κ2) is 7.55. The topological polar surface area (TPSA) is 21.3 Å². The summed E-state index contributed by atoms with van der Waals surface area (Å²) in [5.74, 6) is -0.397. The smallest absolute Gasteiger partial charge is 0.142 e. The summed E-state index contributed by atoms with van der Waals surface area (Å²) in [5.41, 5.74) is 3.00. The number of methoxy groups -OCH3 is 1. The molecule has 0 saturated carbocycles. The molecule has 0 spiro atoms. The number of hydrogen-bond acceptors (Lipinski definition) is 2. The van der Waals surface area contributed by atoms with Crippen molar-refractivity contribution < 1.29 is 9.13 Å². The summed E-state index contributed by atoms with van der Waals surface area (Å²) < 4.78 is 18.7. The summed E-state index contributed by atoms with van der Waals surface area (Å²) in [6.45, 7) is 0.699. The minimum Gasteiger partial charge on any atom is -0.384 e. The predicted octanol–water partition coefficient (Wildman–Crippen LogP) is 3.98. The van der Waals surface area contributed by atoms with Crippen molar-refractivity contribution >= 4 is 11.6 Å². The summed E-state index contributed by atoms with van der Waals surface area (Å²) in [4.78, 5) is 0. The van der Waals surface area contributed by atoms with Gasteiger partial charge in [0.25, 0.3) is 0 Å². The largest absolute Gasteiger partial charge is 0.384 e.